The molecular formula is C14H22O2S2. The number of thioether (sulfide) groups is 1. The highest BCUT2D eigenvalue weighted by Gasteiger charge is 2.12. The van der Waals surface area contributed by atoms with Crippen LogP contribution < -0.4 is 0 Å². The van der Waals surface area contributed by atoms with E-state index >= 15 is 0 Å². The third-order valence-electron chi connectivity index (χ3n) is 2.60. The van der Waals surface area contributed by atoms with Gasteiger partial charge in [-0.1, -0.05) is 43.7 Å². The Kier molecular flexibility index (Phi) is 8.38. The summed E-state index contributed by atoms with van der Waals surface area (Å²) < 4.78 is 12.0. The number of hydrogen-bond donors (Lipinski definition) is 1. The van der Waals surface area contributed by atoms with E-state index in [1.807, 2.05) is 30.3 Å². The van der Waals surface area contributed by atoms with E-state index in [9.17, 15) is 9.32 Å². The van der Waals surface area contributed by atoms with E-state index in [0.717, 1.165) is 24.2 Å². The van der Waals surface area contributed by atoms with Crippen LogP contribution in [0.2, 0.25) is 0 Å². The van der Waals surface area contributed by atoms with Crippen molar-refractivity contribution in [3.8, 4) is 0 Å². The summed E-state index contributed by atoms with van der Waals surface area (Å²) in [5, 5.41) is 9.40. The lowest BCUT2D eigenvalue weighted by molar-refractivity contribution is 0.301. The Morgan fingerprint density at radius 3 is 2.67 bits per heavy atom. The molecule has 0 saturated heterocycles. The monoisotopic (exact) mass is 286 g/mol. The smallest absolute Gasteiger partial charge is 0.0558 e. The van der Waals surface area contributed by atoms with Crippen LogP contribution in [0.3, 0.4) is 0 Å². The molecule has 0 saturated carbocycles. The van der Waals surface area contributed by atoms with Gasteiger partial charge in [-0.3, -0.25) is 4.21 Å². The first-order valence-corrected chi connectivity index (χ1v) is 8.91. The van der Waals surface area contributed by atoms with E-state index in [4.69, 9.17) is 0 Å². The number of unbranched alkanes of at least 4 members (excludes halogenated alkanes) is 1. The van der Waals surface area contributed by atoms with Gasteiger partial charge < -0.3 is 5.11 Å². The van der Waals surface area contributed by atoms with E-state index in [2.05, 4.69) is 6.92 Å². The largest absolute Gasteiger partial charge is 0.395 e. The molecule has 0 radical (unpaired) electrons. The van der Waals surface area contributed by atoms with Crippen molar-refractivity contribution >= 4 is 22.6 Å². The summed E-state index contributed by atoms with van der Waals surface area (Å²) in [4.78, 5) is 0. The number of benzene rings is 1. The molecule has 0 spiro atoms. The highest BCUT2D eigenvalue weighted by Crippen LogP contribution is 2.15. The van der Waals surface area contributed by atoms with Gasteiger partial charge in [-0.25, -0.2) is 0 Å². The van der Waals surface area contributed by atoms with Gasteiger partial charge in [0.2, 0.25) is 0 Å². The number of aliphatic hydroxyl groups excluding tert-OH is 1. The summed E-state index contributed by atoms with van der Waals surface area (Å²) >= 11 is 1.74. The standard InChI is InChI=1S/C14H22O2S2/c1-2-3-9-17-14(10-15)12-18(16)11-13-7-5-4-6-8-13/h4-8,14-15H,2-3,9-12H2,1H3. The van der Waals surface area contributed by atoms with Crippen molar-refractivity contribution in [2.24, 2.45) is 0 Å². The summed E-state index contributed by atoms with van der Waals surface area (Å²) in [6.45, 7) is 2.27. The van der Waals surface area contributed by atoms with Crippen molar-refractivity contribution in [3.63, 3.8) is 0 Å². The lowest BCUT2D eigenvalue weighted by atomic mass is 10.2. The van der Waals surface area contributed by atoms with Gasteiger partial charge in [0.05, 0.1) is 6.61 Å². The van der Waals surface area contributed by atoms with E-state index < -0.39 is 10.8 Å². The van der Waals surface area contributed by atoms with Crippen LogP contribution in [-0.4, -0.2) is 32.7 Å². The fraction of sp³-hybridized carbons (Fsp3) is 0.571. The molecule has 4 heteroatoms. The predicted octanol–water partition coefficient (Wildman–Crippen LogP) is 2.83. The number of hydrogen-bond acceptors (Lipinski definition) is 3. The Bertz CT molecular complexity index is 341. The second-order valence-corrected chi connectivity index (χ2v) is 7.18. The molecule has 2 nitrogen and oxygen atoms in total. The van der Waals surface area contributed by atoms with Crippen LogP contribution in [0.4, 0.5) is 0 Å². The lowest BCUT2D eigenvalue weighted by Gasteiger charge is -2.13. The second kappa shape index (κ2) is 9.59. The van der Waals surface area contributed by atoms with Gasteiger partial charge in [0.1, 0.15) is 0 Å². The van der Waals surface area contributed by atoms with Crippen LogP contribution in [0.15, 0.2) is 30.3 Å². The van der Waals surface area contributed by atoms with Gasteiger partial charge in [0.25, 0.3) is 0 Å². The Balaban J connectivity index is 2.33. The SMILES string of the molecule is CCCCSC(CO)CS(=O)Cc1ccccc1. The maximum Gasteiger partial charge on any atom is 0.0558 e. The normalized spacial score (nSPS) is 14.3. The van der Waals surface area contributed by atoms with Crippen molar-refractivity contribution in [1.29, 1.82) is 0 Å². The molecular weight excluding hydrogens is 264 g/mol. The summed E-state index contributed by atoms with van der Waals surface area (Å²) in [7, 11) is -0.887. The van der Waals surface area contributed by atoms with Crippen LogP contribution in [-0.2, 0) is 16.6 Å². The molecule has 1 N–H and O–H groups in total. The van der Waals surface area contributed by atoms with Gasteiger partial charge in [0.15, 0.2) is 0 Å². The van der Waals surface area contributed by atoms with Crippen LogP contribution >= 0.6 is 11.8 Å². The highest BCUT2D eigenvalue weighted by molar-refractivity contribution is 8.00. The summed E-state index contributed by atoms with van der Waals surface area (Å²) in [5.41, 5.74) is 1.10. The Morgan fingerprint density at radius 1 is 1.33 bits per heavy atom. The Morgan fingerprint density at radius 2 is 2.06 bits per heavy atom. The molecule has 0 bridgehead atoms. The van der Waals surface area contributed by atoms with Gasteiger partial charge >= 0.3 is 0 Å². The summed E-state index contributed by atoms with van der Waals surface area (Å²) in [6, 6.07) is 9.88. The number of aliphatic hydroxyl groups is 1. The van der Waals surface area contributed by atoms with E-state index in [0.29, 0.717) is 11.5 Å². The van der Waals surface area contributed by atoms with Crippen LogP contribution in [0.25, 0.3) is 0 Å². The Hall–Kier alpha value is -0.320. The molecule has 1 aromatic carbocycles. The molecule has 0 fully saturated rings. The summed E-state index contributed by atoms with van der Waals surface area (Å²) in [5.74, 6) is 2.22. The van der Waals surface area contributed by atoms with Crippen LogP contribution in [0.1, 0.15) is 25.3 Å². The second-order valence-electron chi connectivity index (χ2n) is 4.27. The molecule has 0 amide bonds. The molecule has 0 heterocycles. The Labute approximate surface area is 117 Å². The average Bonchev–Trinajstić information content (AvgIpc) is 2.39. The quantitative estimate of drug-likeness (QED) is 0.709. The van der Waals surface area contributed by atoms with Crippen molar-refractivity contribution < 1.29 is 9.32 Å². The molecule has 0 aliphatic carbocycles. The molecule has 2 unspecified atom stereocenters. The molecule has 0 aromatic heterocycles. The fourth-order valence-electron chi connectivity index (χ4n) is 1.57. The van der Waals surface area contributed by atoms with Crippen molar-refractivity contribution in [1.82, 2.24) is 0 Å². The zero-order valence-electron chi connectivity index (χ0n) is 10.9. The lowest BCUT2D eigenvalue weighted by Crippen LogP contribution is -2.19. The maximum atomic E-state index is 12.0. The molecule has 0 aliphatic rings. The van der Waals surface area contributed by atoms with E-state index in [1.165, 1.54) is 0 Å². The van der Waals surface area contributed by atoms with Crippen LogP contribution in [0, 0.1) is 0 Å². The molecule has 102 valence electrons. The van der Waals surface area contributed by atoms with Crippen molar-refractivity contribution in [2.75, 3.05) is 18.1 Å². The fourth-order valence-corrected chi connectivity index (χ4v) is 4.51. The van der Waals surface area contributed by atoms with E-state index in [-0.39, 0.29) is 11.9 Å². The zero-order chi connectivity index (χ0) is 13.2. The third kappa shape index (κ3) is 6.57. The topological polar surface area (TPSA) is 37.3 Å². The van der Waals surface area contributed by atoms with Gasteiger partial charge in [-0.15, -0.1) is 0 Å². The minimum absolute atomic E-state index is 0.112. The maximum absolute atomic E-state index is 12.0. The molecule has 0 aliphatic heterocycles. The minimum Gasteiger partial charge on any atom is -0.395 e. The minimum atomic E-state index is -0.887. The van der Waals surface area contributed by atoms with Crippen molar-refractivity contribution in [3.05, 3.63) is 35.9 Å². The molecule has 18 heavy (non-hydrogen) atoms. The molecule has 1 aromatic rings. The number of rotatable bonds is 9. The third-order valence-corrected chi connectivity index (χ3v) is 5.55. The van der Waals surface area contributed by atoms with Crippen LogP contribution in [0.5, 0.6) is 0 Å². The molecule has 1 rings (SSSR count). The first kappa shape index (κ1) is 15.7. The summed E-state index contributed by atoms with van der Waals surface area (Å²) in [6.07, 6.45) is 2.32. The van der Waals surface area contributed by atoms with Gasteiger partial charge in [-0.2, -0.15) is 11.8 Å². The van der Waals surface area contributed by atoms with E-state index in [1.54, 1.807) is 11.8 Å². The average molecular weight is 286 g/mol. The first-order chi connectivity index (χ1) is 8.76. The molecule has 2 atom stereocenters. The highest BCUT2D eigenvalue weighted by atomic mass is 32.2. The zero-order valence-corrected chi connectivity index (χ0v) is 12.5. The first-order valence-electron chi connectivity index (χ1n) is 6.37. The predicted molar refractivity (Wildman–Crippen MR) is 81.4 cm³/mol. The van der Waals surface area contributed by atoms with Crippen molar-refractivity contribution in [2.45, 2.75) is 30.8 Å². The van der Waals surface area contributed by atoms with Gasteiger partial charge in [0, 0.05) is 27.6 Å². The van der Waals surface area contributed by atoms with Gasteiger partial charge in [-0.05, 0) is 17.7 Å².